The number of fused-ring (bicyclic) bond motifs is 1. The minimum atomic E-state index is 0.273. The van der Waals surface area contributed by atoms with Crippen LogP contribution in [0.3, 0.4) is 0 Å². The Bertz CT molecular complexity index is 678. The number of rotatable bonds is 7. The third-order valence-electron chi connectivity index (χ3n) is 5.43. The SMILES string of the molecule is COc1ccc(C2CCc3cc(OC)ccc3C2CCCCO)cc1. The van der Waals surface area contributed by atoms with Crippen LogP contribution in [0.1, 0.15) is 54.2 Å². The lowest BCUT2D eigenvalue weighted by Crippen LogP contribution is -2.19. The van der Waals surface area contributed by atoms with Crippen LogP contribution in [0, 0.1) is 0 Å². The lowest BCUT2D eigenvalue weighted by atomic mass is 9.70. The predicted octanol–water partition coefficient (Wildman–Crippen LogP) is 4.68. The first kappa shape index (κ1) is 17.8. The third-order valence-corrected chi connectivity index (χ3v) is 5.43. The largest absolute Gasteiger partial charge is 0.497 e. The zero-order chi connectivity index (χ0) is 17.6. The van der Waals surface area contributed by atoms with E-state index in [-0.39, 0.29) is 6.61 Å². The summed E-state index contributed by atoms with van der Waals surface area (Å²) in [5.74, 6) is 2.86. The van der Waals surface area contributed by atoms with Gasteiger partial charge in [-0.15, -0.1) is 0 Å². The third kappa shape index (κ3) is 3.98. The Kier molecular flexibility index (Phi) is 5.98. The normalized spacial score (nSPS) is 19.3. The van der Waals surface area contributed by atoms with E-state index < -0.39 is 0 Å². The molecule has 0 spiro atoms. The second-order valence-corrected chi connectivity index (χ2v) is 6.81. The van der Waals surface area contributed by atoms with Crippen molar-refractivity contribution >= 4 is 0 Å². The topological polar surface area (TPSA) is 38.7 Å². The molecular weight excluding hydrogens is 312 g/mol. The zero-order valence-corrected chi connectivity index (χ0v) is 15.2. The summed E-state index contributed by atoms with van der Waals surface area (Å²) in [6, 6.07) is 15.0. The van der Waals surface area contributed by atoms with E-state index in [0.29, 0.717) is 11.8 Å². The molecule has 134 valence electrons. The van der Waals surface area contributed by atoms with E-state index in [1.807, 2.05) is 0 Å². The summed E-state index contributed by atoms with van der Waals surface area (Å²) in [6.45, 7) is 0.273. The number of aliphatic hydroxyl groups is 1. The van der Waals surface area contributed by atoms with Crippen molar-refractivity contribution in [1.29, 1.82) is 0 Å². The molecule has 1 aliphatic carbocycles. The number of aryl methyl sites for hydroxylation is 1. The fraction of sp³-hybridized carbons (Fsp3) is 0.455. The number of aliphatic hydroxyl groups excluding tert-OH is 1. The molecule has 0 fully saturated rings. The van der Waals surface area contributed by atoms with Crippen LogP contribution in [0.25, 0.3) is 0 Å². The van der Waals surface area contributed by atoms with Crippen molar-refractivity contribution in [1.82, 2.24) is 0 Å². The summed E-state index contributed by atoms with van der Waals surface area (Å²) in [5.41, 5.74) is 4.25. The molecule has 3 heteroatoms. The summed E-state index contributed by atoms with van der Waals surface area (Å²) in [4.78, 5) is 0. The highest BCUT2D eigenvalue weighted by atomic mass is 16.5. The molecule has 0 radical (unpaired) electrons. The molecule has 2 atom stereocenters. The molecule has 1 N–H and O–H groups in total. The highest BCUT2D eigenvalue weighted by molar-refractivity contribution is 5.43. The molecule has 2 aromatic carbocycles. The van der Waals surface area contributed by atoms with E-state index in [1.165, 1.54) is 16.7 Å². The van der Waals surface area contributed by atoms with Gasteiger partial charge in [-0.05, 0) is 78.5 Å². The van der Waals surface area contributed by atoms with Gasteiger partial charge in [0.05, 0.1) is 14.2 Å². The molecule has 0 saturated carbocycles. The van der Waals surface area contributed by atoms with Gasteiger partial charge >= 0.3 is 0 Å². The Labute approximate surface area is 150 Å². The van der Waals surface area contributed by atoms with Gasteiger partial charge in [-0.3, -0.25) is 0 Å². The maximum Gasteiger partial charge on any atom is 0.119 e. The van der Waals surface area contributed by atoms with Gasteiger partial charge in [0, 0.05) is 6.61 Å². The van der Waals surface area contributed by atoms with Crippen LogP contribution >= 0.6 is 0 Å². The summed E-state index contributed by atoms with van der Waals surface area (Å²) in [6.07, 6.45) is 5.27. The second-order valence-electron chi connectivity index (χ2n) is 6.81. The number of methoxy groups -OCH3 is 2. The van der Waals surface area contributed by atoms with Gasteiger partial charge in [-0.25, -0.2) is 0 Å². The van der Waals surface area contributed by atoms with E-state index in [4.69, 9.17) is 14.6 Å². The Morgan fingerprint density at radius 3 is 2.36 bits per heavy atom. The average molecular weight is 340 g/mol. The van der Waals surface area contributed by atoms with E-state index in [0.717, 1.165) is 43.6 Å². The summed E-state index contributed by atoms with van der Waals surface area (Å²) >= 11 is 0. The number of ether oxygens (including phenoxy) is 2. The van der Waals surface area contributed by atoms with Crippen LogP contribution in [-0.4, -0.2) is 25.9 Å². The molecule has 0 aromatic heterocycles. The predicted molar refractivity (Wildman–Crippen MR) is 101 cm³/mol. The molecule has 0 saturated heterocycles. The number of hydrogen-bond acceptors (Lipinski definition) is 3. The fourth-order valence-corrected chi connectivity index (χ4v) is 4.10. The first-order valence-corrected chi connectivity index (χ1v) is 9.18. The van der Waals surface area contributed by atoms with Gasteiger partial charge in [-0.1, -0.05) is 24.6 Å². The van der Waals surface area contributed by atoms with Crippen LogP contribution < -0.4 is 9.47 Å². The first-order chi connectivity index (χ1) is 12.3. The summed E-state index contributed by atoms with van der Waals surface area (Å²) in [7, 11) is 3.43. The van der Waals surface area contributed by atoms with Gasteiger partial charge < -0.3 is 14.6 Å². The highest BCUT2D eigenvalue weighted by Gasteiger charge is 2.30. The van der Waals surface area contributed by atoms with Crippen molar-refractivity contribution in [3.05, 3.63) is 59.2 Å². The van der Waals surface area contributed by atoms with Crippen molar-refractivity contribution < 1.29 is 14.6 Å². The summed E-state index contributed by atoms with van der Waals surface area (Å²) in [5, 5.41) is 9.17. The van der Waals surface area contributed by atoms with Crippen LogP contribution in [-0.2, 0) is 6.42 Å². The van der Waals surface area contributed by atoms with Gasteiger partial charge in [-0.2, -0.15) is 0 Å². The van der Waals surface area contributed by atoms with Crippen molar-refractivity contribution in [2.45, 2.75) is 43.9 Å². The number of hydrogen-bond donors (Lipinski definition) is 1. The lowest BCUT2D eigenvalue weighted by Gasteiger charge is -2.34. The molecule has 0 bridgehead atoms. The van der Waals surface area contributed by atoms with Crippen molar-refractivity contribution in [2.75, 3.05) is 20.8 Å². The van der Waals surface area contributed by atoms with Crippen LogP contribution in [0.2, 0.25) is 0 Å². The molecule has 0 heterocycles. The van der Waals surface area contributed by atoms with Crippen LogP contribution in [0.4, 0.5) is 0 Å². The van der Waals surface area contributed by atoms with Crippen LogP contribution in [0.5, 0.6) is 11.5 Å². The number of benzene rings is 2. The van der Waals surface area contributed by atoms with E-state index in [1.54, 1.807) is 14.2 Å². The monoisotopic (exact) mass is 340 g/mol. The number of unbranched alkanes of at least 4 members (excludes halogenated alkanes) is 1. The molecule has 2 unspecified atom stereocenters. The Hall–Kier alpha value is -2.00. The summed E-state index contributed by atoms with van der Waals surface area (Å²) < 4.78 is 10.7. The zero-order valence-electron chi connectivity index (χ0n) is 15.2. The van der Waals surface area contributed by atoms with E-state index in [9.17, 15) is 0 Å². The quantitative estimate of drug-likeness (QED) is 0.744. The second kappa shape index (κ2) is 8.39. The standard InChI is InChI=1S/C22H28O3/c1-24-18-9-6-16(7-10-18)20-12-8-17-15-19(25-2)11-13-21(17)22(20)5-3-4-14-23/h6-7,9-11,13,15,20,22-23H,3-5,8,12,14H2,1-2H3. The van der Waals surface area contributed by atoms with Crippen molar-refractivity contribution in [3.63, 3.8) is 0 Å². The molecule has 0 amide bonds. The molecule has 2 aromatic rings. The fourth-order valence-electron chi connectivity index (χ4n) is 4.10. The van der Waals surface area contributed by atoms with E-state index >= 15 is 0 Å². The molecule has 3 rings (SSSR count). The average Bonchev–Trinajstić information content (AvgIpc) is 2.67. The smallest absolute Gasteiger partial charge is 0.119 e. The lowest BCUT2D eigenvalue weighted by molar-refractivity contribution is 0.278. The maximum absolute atomic E-state index is 9.17. The molecular formula is C22H28O3. The highest BCUT2D eigenvalue weighted by Crippen LogP contribution is 2.46. The Balaban J connectivity index is 1.90. The molecule has 1 aliphatic rings. The first-order valence-electron chi connectivity index (χ1n) is 9.18. The van der Waals surface area contributed by atoms with E-state index in [2.05, 4.69) is 42.5 Å². The van der Waals surface area contributed by atoms with Gasteiger partial charge in [0.1, 0.15) is 11.5 Å². The van der Waals surface area contributed by atoms with Crippen molar-refractivity contribution in [2.24, 2.45) is 0 Å². The van der Waals surface area contributed by atoms with Gasteiger partial charge in [0.2, 0.25) is 0 Å². The molecule has 25 heavy (non-hydrogen) atoms. The minimum absolute atomic E-state index is 0.273. The minimum Gasteiger partial charge on any atom is -0.497 e. The Morgan fingerprint density at radius 2 is 1.68 bits per heavy atom. The van der Waals surface area contributed by atoms with Crippen LogP contribution in [0.15, 0.2) is 42.5 Å². The van der Waals surface area contributed by atoms with Gasteiger partial charge in [0.15, 0.2) is 0 Å². The van der Waals surface area contributed by atoms with Gasteiger partial charge in [0.25, 0.3) is 0 Å². The molecule has 0 aliphatic heterocycles. The van der Waals surface area contributed by atoms with Crippen molar-refractivity contribution in [3.8, 4) is 11.5 Å². The molecule has 3 nitrogen and oxygen atoms in total. The maximum atomic E-state index is 9.17. The Morgan fingerprint density at radius 1 is 0.960 bits per heavy atom.